The van der Waals surface area contributed by atoms with E-state index in [9.17, 15) is 105 Å². The van der Waals surface area contributed by atoms with Crippen molar-refractivity contribution in [1.82, 2.24) is 21.3 Å². The van der Waals surface area contributed by atoms with E-state index in [1.807, 2.05) is 0 Å². The second kappa shape index (κ2) is 27.8. The highest BCUT2D eigenvalue weighted by Crippen LogP contribution is 2.47. The molecule has 5 fully saturated rings. The first-order valence-corrected chi connectivity index (χ1v) is 25.1. The van der Waals surface area contributed by atoms with E-state index in [2.05, 4.69) is 21.3 Å². The first-order valence-electron chi connectivity index (χ1n) is 23.6. The van der Waals surface area contributed by atoms with E-state index < -0.39 is 236 Å². The van der Waals surface area contributed by atoms with Crippen LogP contribution in [-0.2, 0) is 75.5 Å². The summed E-state index contributed by atoms with van der Waals surface area (Å²) in [4.78, 5) is 71.6. The smallest absolute Gasteiger partial charge is 0.394 e. The van der Waals surface area contributed by atoms with E-state index >= 15 is 0 Å². The fourth-order valence-corrected chi connectivity index (χ4v) is 9.57. The third kappa shape index (κ3) is 15.9. The zero-order chi connectivity index (χ0) is 57.5. The molecule has 5 aliphatic heterocycles. The number of nitrogens with one attached hydrogen (secondary N) is 4. The number of primary amides is 1. The largest absolute Gasteiger partial charge is 0.474 e. The minimum absolute atomic E-state index is 0.706. The molecule has 27 atom stereocenters. The van der Waals surface area contributed by atoms with Crippen LogP contribution >= 0.6 is 7.82 Å². The summed E-state index contributed by atoms with van der Waals surface area (Å²) in [7, 11) is -5.36. The van der Waals surface area contributed by atoms with Crippen LogP contribution in [0.15, 0.2) is 0 Å². The first kappa shape index (κ1) is 64.4. The van der Waals surface area contributed by atoms with Crippen LogP contribution in [0.5, 0.6) is 0 Å². The quantitative estimate of drug-likeness (QED) is 0.0448. The summed E-state index contributed by atoms with van der Waals surface area (Å²) >= 11 is 0. The maximum atomic E-state index is 13.0. The van der Waals surface area contributed by atoms with Gasteiger partial charge in [0.1, 0.15) is 128 Å². The zero-order valence-corrected chi connectivity index (χ0v) is 41.9. The van der Waals surface area contributed by atoms with E-state index in [0.29, 0.717) is 0 Å². The fraction of sp³-hybridized carbons (Fsp3) is 0.875. The predicted molar refractivity (Wildman–Crippen MR) is 238 cm³/mol. The molecule has 36 nitrogen and oxygen atoms in total. The number of aliphatic hydroxyl groups excluding tert-OH is 14. The Labute approximate surface area is 435 Å². The van der Waals surface area contributed by atoms with Crippen LogP contribution in [0.25, 0.3) is 0 Å². The number of carbonyl (C=O) groups excluding carboxylic acids is 5. The number of amides is 5. The summed E-state index contributed by atoms with van der Waals surface area (Å²) in [6.07, 6.45) is -45.5. The molecule has 5 saturated heterocycles. The zero-order valence-electron chi connectivity index (χ0n) is 41.0. The Morgan fingerprint density at radius 2 is 0.961 bits per heavy atom. The highest BCUT2D eigenvalue weighted by atomic mass is 31.2. The molecular weight excluding hydrogens is 1080 g/mol. The van der Waals surface area contributed by atoms with Crippen LogP contribution < -0.4 is 27.0 Å². The number of nitrogens with two attached hydrogens (primary N) is 1. The highest BCUT2D eigenvalue weighted by Gasteiger charge is 2.56. The molecule has 5 aliphatic rings. The minimum Gasteiger partial charge on any atom is -0.394 e. The molecule has 21 N–H and O–H groups in total. The van der Waals surface area contributed by atoms with E-state index in [1.54, 1.807) is 0 Å². The van der Waals surface area contributed by atoms with Gasteiger partial charge in [-0.15, -0.1) is 0 Å². The molecule has 0 saturated carbocycles. The van der Waals surface area contributed by atoms with Crippen LogP contribution in [0.4, 0.5) is 0 Å². The SMILES string of the molecule is CC(=O)NC(CC(=O)NC1OC(CO)C(OC2OC(CO)C(OC3OC(COC4OC(COP(=O)(O)OC5OC(CO)C(O)C(O)C5O)C(O)C(O)C4O)C(O)C(O)C3O)C(O)C2NC(C)=O)C(O)C1NC(C)=O)C(N)=O. The van der Waals surface area contributed by atoms with E-state index in [1.165, 1.54) is 0 Å². The lowest BCUT2D eigenvalue weighted by molar-refractivity contribution is -0.363. The number of phosphoric acid groups is 1. The maximum absolute atomic E-state index is 13.0. The van der Waals surface area contributed by atoms with Crippen LogP contribution in [0.3, 0.4) is 0 Å². The molecule has 5 heterocycles. The van der Waals surface area contributed by atoms with Crippen LogP contribution in [-0.4, -0.2) is 298 Å². The minimum atomic E-state index is -5.36. The molecule has 0 aromatic carbocycles. The van der Waals surface area contributed by atoms with Gasteiger partial charge in [0.25, 0.3) is 0 Å². The molecule has 5 amide bonds. The lowest BCUT2D eigenvalue weighted by Crippen LogP contribution is -2.71. The van der Waals surface area contributed by atoms with Crippen molar-refractivity contribution in [2.75, 3.05) is 33.0 Å². The van der Waals surface area contributed by atoms with Crippen molar-refractivity contribution in [2.45, 2.75) is 187 Å². The van der Waals surface area contributed by atoms with Gasteiger partial charge < -0.3 is 141 Å². The maximum Gasteiger partial charge on any atom is 0.474 e. The Bertz CT molecular complexity index is 2040. The lowest BCUT2D eigenvalue weighted by atomic mass is 9.93. The number of phosphoric ester groups is 1. The molecule has 0 aliphatic carbocycles. The van der Waals surface area contributed by atoms with Gasteiger partial charge >= 0.3 is 7.82 Å². The summed E-state index contributed by atoms with van der Waals surface area (Å²) in [6.45, 7) is -1.96. The van der Waals surface area contributed by atoms with Crippen LogP contribution in [0, 0.1) is 0 Å². The van der Waals surface area contributed by atoms with Crippen molar-refractivity contribution >= 4 is 37.4 Å². The summed E-state index contributed by atoms with van der Waals surface area (Å²) < 4.78 is 67.4. The van der Waals surface area contributed by atoms with Gasteiger partial charge in [-0.1, -0.05) is 0 Å². The third-order valence-corrected chi connectivity index (χ3v) is 13.7. The summed E-state index contributed by atoms with van der Waals surface area (Å²) in [5.41, 5.74) is 5.28. The molecular formula is C40H68N5O31P. The van der Waals surface area contributed by atoms with Gasteiger partial charge in [-0.25, -0.2) is 4.57 Å². The number of ether oxygens (including phenoxy) is 8. The van der Waals surface area contributed by atoms with Gasteiger partial charge in [-0.3, -0.25) is 33.0 Å². The van der Waals surface area contributed by atoms with Crippen LogP contribution in [0.2, 0.25) is 0 Å². The van der Waals surface area contributed by atoms with E-state index in [4.69, 9.17) is 52.7 Å². The summed E-state index contributed by atoms with van der Waals surface area (Å²) in [5.74, 6) is -4.42. The van der Waals surface area contributed by atoms with Crippen LogP contribution in [0.1, 0.15) is 27.2 Å². The average molecular weight is 1150 g/mol. The highest BCUT2D eigenvalue weighted by molar-refractivity contribution is 7.47. The Morgan fingerprint density at radius 1 is 0.519 bits per heavy atom. The standard InChI is InChI=1S/C40H68N5O31P/c1-10(49)42-13(35(41)64)4-19(52)45-36-20(43-11(2)50)25(56)33(15(6-47)69-36)74-37-21(44-12(3)51)26(57)34(16(7-48)71-37)75-39-31(62)29(60)23(54)17(73-39)8-67-38-30(61)28(59)24(55)18(72-38)9-68-77(65,66)76-40-32(63)27(58)22(53)14(5-46)70-40/h13-18,20-34,36-40,46-48,53-63H,4-9H2,1-3H3,(H2,41,64)(H,42,49)(H,43,50)(H,44,51)(H,45,52)(H,65,66). The number of hydrogen-bond donors (Lipinski definition) is 20. The Kier molecular flexibility index (Phi) is 23.3. The normalized spacial score (nSPS) is 42.8. The van der Waals surface area contributed by atoms with Crippen molar-refractivity contribution < 1.29 is 152 Å². The molecule has 0 aromatic rings. The number of carbonyl (C=O) groups is 5. The van der Waals surface area contributed by atoms with E-state index in [0.717, 1.165) is 20.8 Å². The molecule has 37 heteroatoms. The molecule has 77 heavy (non-hydrogen) atoms. The van der Waals surface area contributed by atoms with Crippen molar-refractivity contribution in [3.05, 3.63) is 0 Å². The van der Waals surface area contributed by atoms with Gasteiger partial charge in [-0.05, 0) is 0 Å². The fourth-order valence-electron chi connectivity index (χ4n) is 8.74. The number of aliphatic hydroxyl groups is 14. The van der Waals surface area contributed by atoms with Crippen molar-refractivity contribution in [3.8, 4) is 0 Å². The van der Waals surface area contributed by atoms with Gasteiger partial charge in [-0.2, -0.15) is 0 Å². The van der Waals surface area contributed by atoms with E-state index in [-0.39, 0.29) is 0 Å². The molecule has 27 unspecified atom stereocenters. The summed E-state index contributed by atoms with van der Waals surface area (Å²) in [5, 5.41) is 158. The third-order valence-electron chi connectivity index (χ3n) is 12.7. The monoisotopic (exact) mass is 1150 g/mol. The molecule has 444 valence electrons. The second-order valence-electron chi connectivity index (χ2n) is 18.5. The Hall–Kier alpha value is -3.42. The van der Waals surface area contributed by atoms with Crippen molar-refractivity contribution in [3.63, 3.8) is 0 Å². The molecule has 0 spiro atoms. The topological polar surface area (TPSA) is 572 Å². The van der Waals surface area contributed by atoms with Crippen molar-refractivity contribution in [1.29, 1.82) is 0 Å². The van der Waals surface area contributed by atoms with Crippen molar-refractivity contribution in [2.24, 2.45) is 5.73 Å². The molecule has 0 bridgehead atoms. The average Bonchev–Trinajstić information content (AvgIpc) is 3.36. The first-order chi connectivity index (χ1) is 36.0. The molecule has 0 radical (unpaired) electrons. The van der Waals surface area contributed by atoms with Gasteiger partial charge in [0.15, 0.2) is 31.4 Å². The molecule has 0 aromatic heterocycles. The van der Waals surface area contributed by atoms with Gasteiger partial charge in [0.2, 0.25) is 29.5 Å². The number of hydrogen-bond acceptors (Lipinski definition) is 30. The molecule has 5 rings (SSSR count). The Morgan fingerprint density at radius 3 is 1.49 bits per heavy atom. The summed E-state index contributed by atoms with van der Waals surface area (Å²) in [6, 6.07) is -4.87. The lowest BCUT2D eigenvalue weighted by Gasteiger charge is -2.50. The predicted octanol–water partition coefficient (Wildman–Crippen LogP) is -13.0. The number of rotatable bonds is 22. The van der Waals surface area contributed by atoms with Gasteiger partial charge in [0.05, 0.1) is 39.5 Å². The second-order valence-corrected chi connectivity index (χ2v) is 19.9. The Balaban J connectivity index is 1.26. The van der Waals surface area contributed by atoms with Gasteiger partial charge in [0, 0.05) is 20.8 Å².